The standard InChI is InChI=1S/C13H13ClN4/c1-8-11(9-4-2-3-5-9)12(14)18-13(17-8)10(6-15)7-16-18/h7,9H,2-5H2,1H3. The van der Waals surface area contributed by atoms with Crippen LogP contribution in [-0.2, 0) is 0 Å². The maximum atomic E-state index is 9.00. The highest BCUT2D eigenvalue weighted by Crippen LogP contribution is 2.39. The van der Waals surface area contributed by atoms with Gasteiger partial charge in [0.1, 0.15) is 16.8 Å². The average Bonchev–Trinajstić information content (AvgIpc) is 2.97. The van der Waals surface area contributed by atoms with Crippen LogP contribution in [0.4, 0.5) is 0 Å². The molecule has 18 heavy (non-hydrogen) atoms. The number of nitrogens with zero attached hydrogens (tertiary/aromatic N) is 4. The van der Waals surface area contributed by atoms with E-state index in [2.05, 4.69) is 16.2 Å². The van der Waals surface area contributed by atoms with E-state index in [9.17, 15) is 0 Å². The van der Waals surface area contributed by atoms with Crippen LogP contribution in [0.25, 0.3) is 5.65 Å². The van der Waals surface area contributed by atoms with Crippen LogP contribution in [0.5, 0.6) is 0 Å². The zero-order valence-corrected chi connectivity index (χ0v) is 10.9. The molecule has 2 heterocycles. The second-order valence-corrected chi connectivity index (χ2v) is 5.15. The summed E-state index contributed by atoms with van der Waals surface area (Å²) in [4.78, 5) is 4.51. The lowest BCUT2D eigenvalue weighted by Crippen LogP contribution is -2.06. The molecule has 2 aromatic rings. The third-order valence-electron chi connectivity index (χ3n) is 3.70. The Hall–Kier alpha value is -1.60. The Morgan fingerprint density at radius 3 is 2.83 bits per heavy atom. The highest BCUT2D eigenvalue weighted by atomic mass is 35.5. The minimum atomic E-state index is 0.470. The lowest BCUT2D eigenvalue weighted by atomic mass is 9.98. The van der Waals surface area contributed by atoms with E-state index in [1.165, 1.54) is 31.9 Å². The van der Waals surface area contributed by atoms with Gasteiger partial charge < -0.3 is 0 Å². The molecule has 1 saturated carbocycles. The van der Waals surface area contributed by atoms with E-state index in [1.807, 2.05) is 6.92 Å². The Balaban J connectivity index is 2.24. The molecule has 0 aliphatic heterocycles. The van der Waals surface area contributed by atoms with Crippen LogP contribution in [-0.4, -0.2) is 14.6 Å². The molecule has 4 nitrogen and oxygen atoms in total. The van der Waals surface area contributed by atoms with E-state index in [-0.39, 0.29) is 0 Å². The molecule has 0 bridgehead atoms. The smallest absolute Gasteiger partial charge is 0.174 e. The van der Waals surface area contributed by atoms with E-state index in [1.54, 1.807) is 4.52 Å². The van der Waals surface area contributed by atoms with Gasteiger partial charge in [0.25, 0.3) is 0 Å². The number of aromatic nitrogens is 3. The first-order valence-corrected chi connectivity index (χ1v) is 6.54. The van der Waals surface area contributed by atoms with Crippen molar-refractivity contribution in [3.63, 3.8) is 0 Å². The molecule has 0 aromatic carbocycles. The second kappa shape index (κ2) is 4.25. The van der Waals surface area contributed by atoms with Crippen molar-refractivity contribution in [1.82, 2.24) is 14.6 Å². The minimum absolute atomic E-state index is 0.470. The summed E-state index contributed by atoms with van der Waals surface area (Å²) in [7, 11) is 0. The van der Waals surface area contributed by atoms with Crippen LogP contribution in [0.1, 0.15) is 48.4 Å². The van der Waals surface area contributed by atoms with Crippen LogP contribution in [0.15, 0.2) is 6.20 Å². The van der Waals surface area contributed by atoms with Gasteiger partial charge in [0, 0.05) is 11.3 Å². The molecule has 5 heteroatoms. The zero-order chi connectivity index (χ0) is 12.7. The maximum absolute atomic E-state index is 9.00. The molecule has 2 aromatic heterocycles. The maximum Gasteiger partial charge on any atom is 0.174 e. The second-order valence-electron chi connectivity index (χ2n) is 4.79. The normalized spacial score (nSPS) is 16.3. The Kier molecular flexibility index (Phi) is 2.71. The fourth-order valence-corrected chi connectivity index (χ4v) is 3.25. The fourth-order valence-electron chi connectivity index (χ4n) is 2.83. The molecule has 3 rings (SSSR count). The van der Waals surface area contributed by atoms with Crippen LogP contribution in [0.3, 0.4) is 0 Å². The molecule has 0 amide bonds. The monoisotopic (exact) mass is 260 g/mol. The van der Waals surface area contributed by atoms with Crippen molar-refractivity contribution in [2.45, 2.75) is 38.5 Å². The summed E-state index contributed by atoms with van der Waals surface area (Å²) in [5.41, 5.74) is 3.06. The first-order chi connectivity index (χ1) is 8.72. The fraction of sp³-hybridized carbons (Fsp3) is 0.462. The van der Waals surface area contributed by atoms with E-state index >= 15 is 0 Å². The number of halogens is 1. The minimum Gasteiger partial charge on any atom is -0.232 e. The van der Waals surface area contributed by atoms with Gasteiger partial charge in [-0.1, -0.05) is 24.4 Å². The van der Waals surface area contributed by atoms with Crippen molar-refractivity contribution in [2.24, 2.45) is 0 Å². The van der Waals surface area contributed by atoms with Crippen molar-refractivity contribution in [3.05, 3.63) is 28.2 Å². The Morgan fingerprint density at radius 1 is 1.44 bits per heavy atom. The Morgan fingerprint density at radius 2 is 2.17 bits per heavy atom. The average molecular weight is 261 g/mol. The molecule has 1 aliphatic rings. The van der Waals surface area contributed by atoms with Gasteiger partial charge >= 0.3 is 0 Å². The van der Waals surface area contributed by atoms with Crippen LogP contribution < -0.4 is 0 Å². The van der Waals surface area contributed by atoms with E-state index in [0.717, 1.165) is 11.3 Å². The lowest BCUT2D eigenvalue weighted by Gasteiger charge is -2.15. The summed E-state index contributed by atoms with van der Waals surface area (Å²) < 4.78 is 1.58. The number of hydrogen-bond donors (Lipinski definition) is 0. The van der Waals surface area contributed by atoms with Gasteiger partial charge in [0.2, 0.25) is 0 Å². The molecule has 1 aliphatic carbocycles. The molecule has 0 spiro atoms. The van der Waals surface area contributed by atoms with Crippen molar-refractivity contribution >= 4 is 17.2 Å². The molecule has 0 unspecified atom stereocenters. The molecule has 0 atom stereocenters. The summed E-state index contributed by atoms with van der Waals surface area (Å²) in [6.07, 6.45) is 6.36. The quantitative estimate of drug-likeness (QED) is 0.740. The SMILES string of the molecule is Cc1nc2c(C#N)cnn2c(Cl)c1C1CCCC1. The molecule has 0 N–H and O–H groups in total. The van der Waals surface area contributed by atoms with Crippen molar-refractivity contribution < 1.29 is 0 Å². The van der Waals surface area contributed by atoms with Gasteiger partial charge in [-0.25, -0.2) is 9.50 Å². The lowest BCUT2D eigenvalue weighted by molar-refractivity contribution is 0.700. The predicted molar refractivity (Wildman–Crippen MR) is 68.7 cm³/mol. The summed E-state index contributed by atoms with van der Waals surface area (Å²) in [5, 5.41) is 13.8. The number of aryl methyl sites for hydroxylation is 1. The zero-order valence-electron chi connectivity index (χ0n) is 10.1. The van der Waals surface area contributed by atoms with Crippen LogP contribution in [0, 0.1) is 18.3 Å². The van der Waals surface area contributed by atoms with E-state index in [4.69, 9.17) is 16.9 Å². The molecular formula is C13H13ClN4. The van der Waals surface area contributed by atoms with Crippen LogP contribution >= 0.6 is 11.6 Å². The molecule has 1 fully saturated rings. The van der Waals surface area contributed by atoms with Crippen molar-refractivity contribution in [1.29, 1.82) is 5.26 Å². The van der Waals surface area contributed by atoms with Gasteiger partial charge in [0.15, 0.2) is 5.65 Å². The number of hydrogen-bond acceptors (Lipinski definition) is 3. The van der Waals surface area contributed by atoms with Gasteiger partial charge in [0.05, 0.1) is 6.20 Å². The van der Waals surface area contributed by atoms with Crippen LogP contribution in [0.2, 0.25) is 5.15 Å². The van der Waals surface area contributed by atoms with Gasteiger partial charge in [-0.05, 0) is 25.7 Å². The number of nitriles is 1. The van der Waals surface area contributed by atoms with E-state index in [0.29, 0.717) is 22.3 Å². The summed E-state index contributed by atoms with van der Waals surface area (Å²) >= 11 is 6.45. The first kappa shape index (κ1) is 11.5. The molecule has 0 radical (unpaired) electrons. The van der Waals surface area contributed by atoms with Gasteiger partial charge in [-0.2, -0.15) is 10.4 Å². The molecule has 0 saturated heterocycles. The van der Waals surface area contributed by atoms with Gasteiger partial charge in [-0.3, -0.25) is 0 Å². The third kappa shape index (κ3) is 1.58. The molecular weight excluding hydrogens is 248 g/mol. The van der Waals surface area contributed by atoms with Crippen molar-refractivity contribution in [2.75, 3.05) is 0 Å². The first-order valence-electron chi connectivity index (χ1n) is 6.16. The summed E-state index contributed by atoms with van der Waals surface area (Å²) in [5.74, 6) is 0.490. The largest absolute Gasteiger partial charge is 0.232 e. The number of rotatable bonds is 1. The number of fused-ring (bicyclic) bond motifs is 1. The Labute approximate surface area is 110 Å². The highest BCUT2D eigenvalue weighted by molar-refractivity contribution is 6.30. The summed E-state index contributed by atoms with van der Waals surface area (Å²) in [6.45, 7) is 1.97. The van der Waals surface area contributed by atoms with Gasteiger partial charge in [-0.15, -0.1) is 0 Å². The third-order valence-corrected chi connectivity index (χ3v) is 4.06. The van der Waals surface area contributed by atoms with E-state index < -0.39 is 0 Å². The summed E-state index contributed by atoms with van der Waals surface area (Å²) in [6, 6.07) is 2.09. The predicted octanol–water partition coefficient (Wildman–Crippen LogP) is 3.22. The molecule has 92 valence electrons. The highest BCUT2D eigenvalue weighted by Gasteiger charge is 2.24. The van der Waals surface area contributed by atoms with Crippen molar-refractivity contribution in [3.8, 4) is 6.07 Å². The topological polar surface area (TPSA) is 54.0 Å². The Bertz CT molecular complexity index is 647.